The Morgan fingerprint density at radius 2 is 1.84 bits per heavy atom. The highest BCUT2D eigenvalue weighted by Crippen LogP contribution is 2.26. The van der Waals surface area contributed by atoms with Gasteiger partial charge < -0.3 is 9.32 Å². The van der Waals surface area contributed by atoms with Crippen molar-refractivity contribution in [2.24, 2.45) is 4.99 Å². The van der Waals surface area contributed by atoms with Crippen molar-refractivity contribution in [3.05, 3.63) is 89.4 Å². The van der Waals surface area contributed by atoms with E-state index in [1.807, 2.05) is 55.6 Å². The molecule has 0 saturated carbocycles. The summed E-state index contributed by atoms with van der Waals surface area (Å²) in [7, 11) is 2.01. The monoisotopic (exact) mass is 415 g/mol. The summed E-state index contributed by atoms with van der Waals surface area (Å²) in [5.74, 6) is 1.72. The molecule has 160 valence electrons. The lowest BCUT2D eigenvalue weighted by molar-refractivity contribution is -0.118. The third-order valence-corrected chi connectivity index (χ3v) is 5.84. The minimum atomic E-state index is -0.411. The molecule has 0 radical (unpaired) electrons. The molecule has 0 bridgehead atoms. The molecular formula is C26H29N3O2. The first-order valence-electron chi connectivity index (χ1n) is 10.8. The fraction of sp³-hybridized carbons (Fsp3) is 0.308. The van der Waals surface area contributed by atoms with E-state index in [9.17, 15) is 4.79 Å². The number of aliphatic imine (C=N–C) groups is 1. The van der Waals surface area contributed by atoms with Crippen LogP contribution in [0.1, 0.15) is 28.9 Å². The Kier molecular flexibility index (Phi) is 6.21. The fourth-order valence-corrected chi connectivity index (χ4v) is 3.89. The number of nitrogens with zero attached hydrogens (tertiary/aromatic N) is 3. The van der Waals surface area contributed by atoms with E-state index >= 15 is 0 Å². The number of amides is 1. The number of hydrogen-bond donors (Lipinski definition) is 0. The summed E-state index contributed by atoms with van der Waals surface area (Å²) < 4.78 is 5.44. The first-order valence-corrected chi connectivity index (χ1v) is 10.8. The van der Waals surface area contributed by atoms with E-state index in [1.54, 1.807) is 11.2 Å². The van der Waals surface area contributed by atoms with Crippen LogP contribution in [0, 0.1) is 13.8 Å². The smallest absolute Gasteiger partial charge is 0.259 e. The topological polar surface area (TPSA) is 49.1 Å². The van der Waals surface area contributed by atoms with Gasteiger partial charge >= 0.3 is 0 Å². The standard InChI is InChI=1S/C26H29N3O2/c1-19-13-14-22(17-20(19)2)29-25(30)24(18-21-9-5-4-6-10-21)27-26(29)28(3)15-7-11-23-12-8-16-31-23/h4-6,8-10,12-14,16-17,24H,7,11,15,18H2,1-3H3. The molecule has 0 aliphatic carbocycles. The zero-order valence-corrected chi connectivity index (χ0v) is 18.4. The van der Waals surface area contributed by atoms with Crippen molar-refractivity contribution >= 4 is 17.6 Å². The minimum Gasteiger partial charge on any atom is -0.469 e. The van der Waals surface area contributed by atoms with Gasteiger partial charge in [0.25, 0.3) is 5.91 Å². The third kappa shape index (κ3) is 4.71. The Bertz CT molecular complexity index is 1060. The largest absolute Gasteiger partial charge is 0.469 e. The lowest BCUT2D eigenvalue weighted by Gasteiger charge is -2.27. The molecule has 31 heavy (non-hydrogen) atoms. The van der Waals surface area contributed by atoms with Gasteiger partial charge in [0.2, 0.25) is 5.96 Å². The third-order valence-electron chi connectivity index (χ3n) is 5.84. The van der Waals surface area contributed by atoms with Crippen molar-refractivity contribution in [3.63, 3.8) is 0 Å². The lowest BCUT2D eigenvalue weighted by atomic mass is 10.1. The van der Waals surface area contributed by atoms with Crippen molar-refractivity contribution in [1.29, 1.82) is 0 Å². The van der Waals surface area contributed by atoms with Crippen LogP contribution in [0.2, 0.25) is 0 Å². The van der Waals surface area contributed by atoms with Gasteiger partial charge in [0.1, 0.15) is 11.8 Å². The molecule has 5 heteroatoms. The highest BCUT2D eigenvalue weighted by molar-refractivity contribution is 6.22. The number of aryl methyl sites for hydroxylation is 3. The summed E-state index contributed by atoms with van der Waals surface area (Å²) in [6, 6.07) is 19.7. The number of carbonyl (C=O) groups excluding carboxylic acids is 1. The summed E-state index contributed by atoms with van der Waals surface area (Å²) in [6.45, 7) is 4.94. The van der Waals surface area contributed by atoms with Crippen LogP contribution in [-0.4, -0.2) is 36.4 Å². The van der Waals surface area contributed by atoms with Crippen molar-refractivity contribution in [3.8, 4) is 0 Å². The van der Waals surface area contributed by atoms with Crippen LogP contribution in [-0.2, 0) is 17.6 Å². The van der Waals surface area contributed by atoms with Crippen molar-refractivity contribution in [2.45, 2.75) is 39.2 Å². The zero-order valence-electron chi connectivity index (χ0n) is 18.4. The van der Waals surface area contributed by atoms with Gasteiger partial charge in [0.05, 0.1) is 12.0 Å². The van der Waals surface area contributed by atoms with Gasteiger partial charge in [0.15, 0.2) is 0 Å². The summed E-state index contributed by atoms with van der Waals surface area (Å²) in [6.07, 6.45) is 4.08. The number of furan rings is 1. The highest BCUT2D eigenvalue weighted by atomic mass is 16.3. The molecule has 4 rings (SSSR count). The average molecular weight is 416 g/mol. The van der Waals surface area contributed by atoms with Gasteiger partial charge in [-0.05, 0) is 61.2 Å². The average Bonchev–Trinajstić information content (AvgIpc) is 3.39. The number of carbonyl (C=O) groups is 1. The first-order chi connectivity index (χ1) is 15.0. The molecule has 1 unspecified atom stereocenters. The van der Waals surface area contributed by atoms with Crippen LogP contribution in [0.5, 0.6) is 0 Å². The van der Waals surface area contributed by atoms with E-state index in [-0.39, 0.29) is 5.91 Å². The van der Waals surface area contributed by atoms with Gasteiger partial charge in [-0.3, -0.25) is 4.79 Å². The van der Waals surface area contributed by atoms with E-state index in [0.717, 1.165) is 42.0 Å². The maximum absolute atomic E-state index is 13.5. The Labute approximate surface area is 184 Å². The van der Waals surface area contributed by atoms with Crippen LogP contribution >= 0.6 is 0 Å². The molecule has 1 aliphatic rings. The van der Waals surface area contributed by atoms with Gasteiger partial charge in [0, 0.05) is 26.4 Å². The van der Waals surface area contributed by atoms with E-state index in [1.165, 1.54) is 5.56 Å². The molecule has 0 spiro atoms. The highest BCUT2D eigenvalue weighted by Gasteiger charge is 2.37. The summed E-state index contributed by atoms with van der Waals surface area (Å²) in [5, 5.41) is 0. The number of hydrogen-bond acceptors (Lipinski definition) is 4. The van der Waals surface area contributed by atoms with Crippen molar-refractivity contribution in [2.75, 3.05) is 18.5 Å². The maximum Gasteiger partial charge on any atom is 0.259 e. The van der Waals surface area contributed by atoms with Gasteiger partial charge in [-0.25, -0.2) is 9.89 Å². The number of benzene rings is 2. The van der Waals surface area contributed by atoms with Crippen LogP contribution in [0.3, 0.4) is 0 Å². The first kappa shape index (κ1) is 20.9. The molecular weight excluding hydrogens is 386 g/mol. The van der Waals surface area contributed by atoms with E-state index < -0.39 is 6.04 Å². The minimum absolute atomic E-state index is 0.0278. The normalized spacial score (nSPS) is 16.0. The number of anilines is 1. The quantitative estimate of drug-likeness (QED) is 0.558. The van der Waals surface area contributed by atoms with Gasteiger partial charge in [-0.2, -0.15) is 0 Å². The molecule has 2 heterocycles. The van der Waals surface area contributed by atoms with Gasteiger partial charge in [-0.15, -0.1) is 0 Å². The van der Waals surface area contributed by atoms with Crippen molar-refractivity contribution < 1.29 is 9.21 Å². The van der Waals surface area contributed by atoms with Crippen LogP contribution < -0.4 is 4.90 Å². The molecule has 5 nitrogen and oxygen atoms in total. The van der Waals surface area contributed by atoms with Crippen molar-refractivity contribution in [1.82, 2.24) is 4.90 Å². The second-order valence-corrected chi connectivity index (χ2v) is 8.18. The fourth-order valence-electron chi connectivity index (χ4n) is 3.89. The molecule has 1 amide bonds. The summed E-state index contributed by atoms with van der Waals surface area (Å²) in [4.78, 5) is 22.2. The Morgan fingerprint density at radius 3 is 2.55 bits per heavy atom. The predicted molar refractivity (Wildman–Crippen MR) is 124 cm³/mol. The molecule has 0 N–H and O–H groups in total. The molecule has 0 saturated heterocycles. The molecule has 0 fully saturated rings. The Morgan fingerprint density at radius 1 is 1.03 bits per heavy atom. The Hall–Kier alpha value is -3.34. The molecule has 2 aromatic carbocycles. The van der Waals surface area contributed by atoms with Crippen LogP contribution in [0.4, 0.5) is 5.69 Å². The maximum atomic E-state index is 13.5. The molecule has 3 aromatic rings. The second-order valence-electron chi connectivity index (χ2n) is 8.18. The number of rotatable bonds is 7. The summed E-state index contributed by atoms with van der Waals surface area (Å²) in [5.41, 5.74) is 4.37. The van der Waals surface area contributed by atoms with Crippen LogP contribution in [0.15, 0.2) is 76.3 Å². The predicted octanol–water partition coefficient (Wildman–Crippen LogP) is 4.77. The van der Waals surface area contributed by atoms with Gasteiger partial charge in [-0.1, -0.05) is 36.4 Å². The molecule has 1 aromatic heterocycles. The zero-order chi connectivity index (χ0) is 21.8. The SMILES string of the molecule is Cc1ccc(N2C(=O)C(Cc3ccccc3)N=C2N(C)CCCc2ccco2)cc1C. The van der Waals surface area contributed by atoms with E-state index in [0.29, 0.717) is 12.4 Å². The lowest BCUT2D eigenvalue weighted by Crippen LogP contribution is -2.44. The van der Waals surface area contributed by atoms with E-state index in [4.69, 9.17) is 9.41 Å². The van der Waals surface area contributed by atoms with E-state index in [2.05, 4.69) is 30.9 Å². The van der Waals surface area contributed by atoms with Crippen LogP contribution in [0.25, 0.3) is 0 Å². The second kappa shape index (κ2) is 9.21. The Balaban J connectivity index is 1.56. The number of guanidine groups is 1. The molecule has 1 atom stereocenters. The molecule has 1 aliphatic heterocycles. The summed E-state index contributed by atoms with van der Waals surface area (Å²) >= 11 is 0.